The Bertz CT molecular complexity index is 1010. The lowest BCUT2D eigenvalue weighted by Crippen LogP contribution is -2.27. The van der Waals surface area contributed by atoms with Gasteiger partial charge in [0.2, 0.25) is 0 Å². The fourth-order valence-electron chi connectivity index (χ4n) is 5.22. The molecule has 4 aromatic rings. The second-order valence-electron chi connectivity index (χ2n) is 8.62. The van der Waals surface area contributed by atoms with Crippen LogP contribution in [0.1, 0.15) is 45.9 Å². The van der Waals surface area contributed by atoms with Gasteiger partial charge >= 0.3 is 0 Å². The van der Waals surface area contributed by atoms with Gasteiger partial charge in [-0.2, -0.15) is 0 Å². The minimum atomic E-state index is 0.554. The molecule has 154 valence electrons. The van der Waals surface area contributed by atoms with E-state index in [1.165, 1.54) is 28.7 Å². The Hall–Kier alpha value is -2.69. The minimum Gasteiger partial charge on any atom is -0.106 e. The van der Waals surface area contributed by atoms with E-state index >= 15 is 0 Å². The van der Waals surface area contributed by atoms with Crippen molar-refractivity contribution in [3.8, 4) is 0 Å². The summed E-state index contributed by atoms with van der Waals surface area (Å²) in [5, 5.41) is 0. The molecule has 5 unspecified atom stereocenters. The van der Waals surface area contributed by atoms with Crippen LogP contribution in [0.5, 0.6) is 0 Å². The van der Waals surface area contributed by atoms with Gasteiger partial charge in [0.1, 0.15) is 0 Å². The fraction of sp³-hybridized carbons (Fsp3) is 0.200. The fourth-order valence-corrected chi connectivity index (χ4v) is 7.41. The van der Waals surface area contributed by atoms with Crippen molar-refractivity contribution < 1.29 is 0 Å². The number of benzene rings is 4. The quantitative estimate of drug-likeness (QED) is 0.285. The third kappa shape index (κ3) is 4.65. The van der Waals surface area contributed by atoms with Crippen LogP contribution in [-0.4, -0.2) is 0 Å². The Kier molecular flexibility index (Phi) is 6.28. The first-order chi connectivity index (χ1) is 15.4. The summed E-state index contributed by atoms with van der Waals surface area (Å²) >= 11 is 0. The largest absolute Gasteiger partial charge is 0.106 e. The molecule has 1 aliphatic heterocycles. The topological polar surface area (TPSA) is 0 Å². The molecule has 1 saturated heterocycles. The van der Waals surface area contributed by atoms with Crippen LogP contribution in [0.2, 0.25) is 0 Å². The smallest absolute Gasteiger partial charge is 0.00570 e. The monoisotopic (exact) mass is 420 g/mol. The Morgan fingerprint density at radius 1 is 0.548 bits per heavy atom. The van der Waals surface area contributed by atoms with Gasteiger partial charge in [0, 0.05) is 11.3 Å². The van der Waals surface area contributed by atoms with Crippen molar-refractivity contribution in [2.75, 3.05) is 0 Å². The Morgan fingerprint density at radius 3 is 1.61 bits per heavy atom. The van der Waals surface area contributed by atoms with Gasteiger partial charge in [0.05, 0.1) is 0 Å². The summed E-state index contributed by atoms with van der Waals surface area (Å²) in [4.78, 5) is 0. The van der Waals surface area contributed by atoms with Crippen molar-refractivity contribution in [3.63, 3.8) is 0 Å². The first-order valence-electron chi connectivity index (χ1n) is 11.3. The predicted molar refractivity (Wildman–Crippen MR) is 134 cm³/mol. The highest BCUT2D eigenvalue weighted by molar-refractivity contribution is 7.39. The molecule has 0 spiro atoms. The van der Waals surface area contributed by atoms with Gasteiger partial charge < -0.3 is 0 Å². The van der Waals surface area contributed by atoms with Gasteiger partial charge in [0.15, 0.2) is 0 Å². The molecule has 1 fully saturated rings. The van der Waals surface area contributed by atoms with Crippen molar-refractivity contribution in [2.24, 2.45) is 5.92 Å². The summed E-state index contributed by atoms with van der Waals surface area (Å²) in [6.45, 7) is 0. The van der Waals surface area contributed by atoms with Gasteiger partial charge in [-0.25, -0.2) is 0 Å². The highest BCUT2D eigenvalue weighted by atomic mass is 31.1. The van der Waals surface area contributed by atoms with Gasteiger partial charge in [-0.05, 0) is 46.9 Å². The molecular weight excluding hydrogens is 391 g/mol. The molecule has 31 heavy (non-hydrogen) atoms. The van der Waals surface area contributed by atoms with Crippen LogP contribution in [0.15, 0.2) is 121 Å². The maximum absolute atomic E-state index is 2.35. The third-order valence-corrected chi connectivity index (χ3v) is 8.81. The lowest BCUT2D eigenvalue weighted by Gasteiger charge is -2.43. The molecule has 5 atom stereocenters. The van der Waals surface area contributed by atoms with E-state index in [-0.39, 0.29) is 0 Å². The van der Waals surface area contributed by atoms with E-state index in [0.717, 1.165) is 15.0 Å². The molecule has 1 heterocycles. The first kappa shape index (κ1) is 20.2. The summed E-state index contributed by atoms with van der Waals surface area (Å²) in [6.07, 6.45) is 2.36. The van der Waals surface area contributed by atoms with E-state index in [2.05, 4.69) is 121 Å². The number of hydrogen-bond acceptors (Lipinski definition) is 0. The number of hydrogen-bond donors (Lipinski definition) is 0. The Balaban J connectivity index is 1.58. The van der Waals surface area contributed by atoms with Crippen LogP contribution in [0, 0.1) is 5.92 Å². The average Bonchev–Trinajstić information content (AvgIpc) is 2.86. The predicted octanol–water partition coefficient (Wildman–Crippen LogP) is 8.19. The van der Waals surface area contributed by atoms with E-state index in [4.69, 9.17) is 0 Å². The van der Waals surface area contributed by atoms with Crippen molar-refractivity contribution in [1.29, 1.82) is 0 Å². The van der Waals surface area contributed by atoms with Gasteiger partial charge in [0.25, 0.3) is 0 Å². The Labute approximate surface area is 188 Å². The first-order valence-corrected chi connectivity index (χ1v) is 12.5. The zero-order valence-corrected chi connectivity index (χ0v) is 18.8. The molecule has 1 aliphatic rings. The van der Waals surface area contributed by atoms with Crippen molar-refractivity contribution >= 4 is 8.58 Å². The van der Waals surface area contributed by atoms with E-state index in [1.807, 2.05) is 0 Å². The molecule has 0 aromatic heterocycles. The maximum Gasteiger partial charge on any atom is 0.00570 e. The summed E-state index contributed by atoms with van der Waals surface area (Å²) in [5.74, 6) is 1.16. The minimum absolute atomic E-state index is 0.554. The second-order valence-corrected chi connectivity index (χ2v) is 10.3. The summed E-state index contributed by atoms with van der Waals surface area (Å²) in [6, 6.07) is 44.8. The van der Waals surface area contributed by atoms with Crippen LogP contribution >= 0.6 is 8.58 Å². The van der Waals surface area contributed by atoms with Crippen molar-refractivity contribution in [3.05, 3.63) is 144 Å². The molecule has 0 saturated carbocycles. The standard InChI is InChI=1S/C30H29P/c1-5-13-23(14-6-1)21-28-27(24-15-7-2-8-16-24)22-29(25-17-9-3-10-18-25)31-30(28)26-19-11-4-12-20-26/h1-20,27-31H,21-22H2. The molecule has 0 aliphatic carbocycles. The lowest BCUT2D eigenvalue weighted by molar-refractivity contribution is 0.365. The molecule has 0 amide bonds. The van der Waals surface area contributed by atoms with E-state index < -0.39 is 0 Å². The summed E-state index contributed by atoms with van der Waals surface area (Å²) in [5.41, 5.74) is 7.14. The molecule has 4 aromatic carbocycles. The van der Waals surface area contributed by atoms with Gasteiger partial charge in [-0.15, -0.1) is 8.58 Å². The molecule has 0 radical (unpaired) electrons. The van der Waals surface area contributed by atoms with Crippen LogP contribution in [0.25, 0.3) is 0 Å². The van der Waals surface area contributed by atoms with Crippen LogP contribution < -0.4 is 0 Å². The lowest BCUT2D eigenvalue weighted by atomic mass is 9.75. The van der Waals surface area contributed by atoms with Crippen molar-refractivity contribution in [2.45, 2.75) is 30.1 Å². The highest BCUT2D eigenvalue weighted by Gasteiger charge is 2.39. The van der Waals surface area contributed by atoms with Crippen LogP contribution in [-0.2, 0) is 6.42 Å². The molecule has 1 heteroatoms. The summed E-state index contributed by atoms with van der Waals surface area (Å²) in [7, 11) is 0.902. The van der Waals surface area contributed by atoms with Crippen LogP contribution in [0.3, 0.4) is 0 Å². The van der Waals surface area contributed by atoms with Crippen molar-refractivity contribution in [1.82, 2.24) is 0 Å². The van der Waals surface area contributed by atoms with E-state index in [0.29, 0.717) is 23.2 Å². The second kappa shape index (κ2) is 9.63. The third-order valence-electron chi connectivity index (χ3n) is 6.72. The van der Waals surface area contributed by atoms with Crippen LogP contribution in [0.4, 0.5) is 0 Å². The molecule has 0 nitrogen and oxygen atoms in total. The average molecular weight is 421 g/mol. The van der Waals surface area contributed by atoms with Gasteiger partial charge in [-0.1, -0.05) is 121 Å². The van der Waals surface area contributed by atoms with Gasteiger partial charge in [-0.3, -0.25) is 0 Å². The molecule has 0 bridgehead atoms. The zero-order chi connectivity index (χ0) is 20.9. The Morgan fingerprint density at radius 2 is 1.03 bits per heavy atom. The molecular formula is C30H29P. The van der Waals surface area contributed by atoms with E-state index in [1.54, 1.807) is 0 Å². The molecule has 5 rings (SSSR count). The highest BCUT2D eigenvalue weighted by Crippen LogP contribution is 2.62. The maximum atomic E-state index is 2.35. The summed E-state index contributed by atoms with van der Waals surface area (Å²) < 4.78 is 0. The SMILES string of the molecule is c1ccc(CC2C(c3ccccc3)CC(c3ccccc3)PC2c2ccccc2)cc1. The molecule has 0 N–H and O–H groups in total. The van der Waals surface area contributed by atoms with E-state index in [9.17, 15) is 0 Å². The number of rotatable bonds is 5. The normalized spacial score (nSPS) is 24.1. The zero-order valence-electron chi connectivity index (χ0n) is 17.8.